The Balaban J connectivity index is 2.60. The first-order valence-corrected chi connectivity index (χ1v) is 6.48. The van der Waals surface area contributed by atoms with Gasteiger partial charge in [-0.1, -0.05) is 12.1 Å². The maximum atomic E-state index is 12.1. The number of carbonyl (C=O) groups is 2. The fourth-order valence-corrected chi connectivity index (χ4v) is 1.97. The second-order valence-electron chi connectivity index (χ2n) is 4.04. The summed E-state index contributed by atoms with van der Waals surface area (Å²) in [4.78, 5) is 22.2. The molecular formula is C12H13F3N2O2S. The number of carbonyl (C=O) groups excluding carboxylic acids is 2. The van der Waals surface area contributed by atoms with E-state index in [1.165, 1.54) is 19.1 Å². The average Bonchev–Trinajstić information content (AvgIpc) is 2.28. The minimum Gasteiger partial charge on any atom is -0.369 e. The van der Waals surface area contributed by atoms with E-state index >= 15 is 0 Å². The van der Waals surface area contributed by atoms with Crippen LogP contribution in [0.2, 0.25) is 0 Å². The zero-order valence-electron chi connectivity index (χ0n) is 10.5. The molecule has 1 aromatic carbocycles. The van der Waals surface area contributed by atoms with Crippen LogP contribution in [0.25, 0.3) is 0 Å². The van der Waals surface area contributed by atoms with Crippen molar-refractivity contribution in [2.45, 2.75) is 24.1 Å². The van der Waals surface area contributed by atoms with Gasteiger partial charge in [-0.15, -0.1) is 0 Å². The smallest absolute Gasteiger partial charge is 0.369 e. The molecule has 0 heterocycles. The van der Waals surface area contributed by atoms with E-state index in [0.717, 1.165) is 0 Å². The zero-order valence-corrected chi connectivity index (χ0v) is 11.3. The minimum absolute atomic E-state index is 0.0640. The van der Waals surface area contributed by atoms with Crippen LogP contribution < -0.4 is 11.1 Å². The Morgan fingerprint density at radius 2 is 1.85 bits per heavy atom. The van der Waals surface area contributed by atoms with Gasteiger partial charge in [0.2, 0.25) is 11.8 Å². The fourth-order valence-electron chi connectivity index (χ4n) is 1.40. The number of primary amides is 1. The van der Waals surface area contributed by atoms with Crippen molar-refractivity contribution in [1.29, 1.82) is 0 Å². The van der Waals surface area contributed by atoms with Crippen molar-refractivity contribution < 1.29 is 22.8 Å². The molecule has 1 atom stereocenters. The number of benzene rings is 1. The molecule has 20 heavy (non-hydrogen) atoms. The van der Waals surface area contributed by atoms with Crippen LogP contribution in [0.5, 0.6) is 0 Å². The van der Waals surface area contributed by atoms with E-state index in [-0.39, 0.29) is 18.2 Å². The Labute approximate surface area is 117 Å². The summed E-state index contributed by atoms with van der Waals surface area (Å²) in [6.07, 6.45) is 0.0640. The van der Waals surface area contributed by atoms with Crippen LogP contribution in [-0.4, -0.2) is 22.6 Å². The minimum atomic E-state index is -4.46. The van der Waals surface area contributed by atoms with Crippen molar-refractivity contribution >= 4 is 29.3 Å². The molecule has 8 heteroatoms. The van der Waals surface area contributed by atoms with Crippen molar-refractivity contribution in [2.24, 2.45) is 5.73 Å². The van der Waals surface area contributed by atoms with Gasteiger partial charge in [0.05, 0.1) is 11.7 Å². The maximum Gasteiger partial charge on any atom is 0.442 e. The van der Waals surface area contributed by atoms with Gasteiger partial charge in [0.1, 0.15) is 0 Å². The van der Waals surface area contributed by atoms with Crippen molar-refractivity contribution in [3.63, 3.8) is 0 Å². The van der Waals surface area contributed by atoms with Crippen LogP contribution in [0.15, 0.2) is 24.3 Å². The Bertz CT molecular complexity index is 488. The predicted molar refractivity (Wildman–Crippen MR) is 71.1 cm³/mol. The second-order valence-corrected chi connectivity index (χ2v) is 5.44. The third kappa shape index (κ3) is 5.96. The lowest BCUT2D eigenvalue weighted by atomic mass is 10.1. The molecule has 1 unspecified atom stereocenters. The number of hydrogen-bond acceptors (Lipinski definition) is 3. The fraction of sp³-hybridized carbons (Fsp3) is 0.333. The molecule has 0 aliphatic carbocycles. The van der Waals surface area contributed by atoms with E-state index in [9.17, 15) is 22.8 Å². The Hall–Kier alpha value is -1.70. The Morgan fingerprint density at radius 3 is 2.30 bits per heavy atom. The summed E-state index contributed by atoms with van der Waals surface area (Å²) < 4.78 is 36.4. The molecule has 0 aromatic heterocycles. The van der Waals surface area contributed by atoms with Crippen LogP contribution in [0, 0.1) is 0 Å². The Kier molecular flexibility index (Phi) is 5.43. The second kappa shape index (κ2) is 6.65. The zero-order chi connectivity index (χ0) is 15.3. The number of anilines is 1. The SMILES string of the molecule is CC(SC(F)(F)F)C(=O)Nc1ccc(CC(N)=O)cc1. The molecule has 2 amide bonds. The van der Waals surface area contributed by atoms with Gasteiger partial charge >= 0.3 is 5.51 Å². The van der Waals surface area contributed by atoms with Crippen molar-refractivity contribution in [3.8, 4) is 0 Å². The molecular weight excluding hydrogens is 293 g/mol. The van der Waals surface area contributed by atoms with Gasteiger partial charge < -0.3 is 11.1 Å². The number of nitrogens with two attached hydrogens (primary N) is 1. The summed E-state index contributed by atoms with van der Waals surface area (Å²) in [5.41, 5.74) is 1.59. The van der Waals surface area contributed by atoms with Crippen molar-refractivity contribution in [2.75, 3.05) is 5.32 Å². The van der Waals surface area contributed by atoms with Crippen molar-refractivity contribution in [3.05, 3.63) is 29.8 Å². The summed E-state index contributed by atoms with van der Waals surface area (Å²) >= 11 is -0.378. The number of halogens is 3. The first-order chi connectivity index (χ1) is 9.17. The van der Waals surface area contributed by atoms with E-state index in [1.807, 2.05) is 0 Å². The van der Waals surface area contributed by atoms with E-state index in [4.69, 9.17) is 5.73 Å². The summed E-state index contributed by atoms with van der Waals surface area (Å²) in [7, 11) is 0. The molecule has 3 N–H and O–H groups in total. The molecule has 1 rings (SSSR count). The van der Waals surface area contributed by atoms with Crippen molar-refractivity contribution in [1.82, 2.24) is 0 Å². The summed E-state index contributed by atoms with van der Waals surface area (Å²) in [6.45, 7) is 1.18. The summed E-state index contributed by atoms with van der Waals surface area (Å²) in [5, 5.41) is 1.12. The molecule has 0 radical (unpaired) electrons. The first kappa shape index (κ1) is 16.4. The molecule has 0 aliphatic heterocycles. The van der Waals surface area contributed by atoms with E-state index in [2.05, 4.69) is 5.32 Å². The Morgan fingerprint density at radius 1 is 1.30 bits per heavy atom. The lowest BCUT2D eigenvalue weighted by molar-refractivity contribution is -0.117. The maximum absolute atomic E-state index is 12.1. The van der Waals surface area contributed by atoms with Crippen LogP contribution in [-0.2, 0) is 16.0 Å². The normalized spacial score (nSPS) is 12.8. The number of rotatable bonds is 5. The average molecular weight is 306 g/mol. The molecule has 0 aliphatic rings. The van der Waals surface area contributed by atoms with Crippen LogP contribution in [0.1, 0.15) is 12.5 Å². The van der Waals surface area contributed by atoms with Gasteiger partial charge in [-0.05, 0) is 36.4 Å². The predicted octanol–water partition coefficient (Wildman–Crippen LogP) is 2.29. The van der Waals surface area contributed by atoms with Gasteiger partial charge in [0.25, 0.3) is 0 Å². The lowest BCUT2D eigenvalue weighted by Gasteiger charge is -2.13. The molecule has 110 valence electrons. The highest BCUT2D eigenvalue weighted by molar-refractivity contribution is 8.01. The molecule has 1 aromatic rings. The highest BCUT2D eigenvalue weighted by atomic mass is 32.2. The molecule has 0 spiro atoms. The van der Waals surface area contributed by atoms with Gasteiger partial charge in [0, 0.05) is 5.69 Å². The van der Waals surface area contributed by atoms with Gasteiger partial charge in [-0.3, -0.25) is 9.59 Å². The number of amides is 2. The summed E-state index contributed by atoms with van der Waals surface area (Å²) in [5.74, 6) is -1.23. The van der Waals surface area contributed by atoms with Crippen LogP contribution in [0.4, 0.5) is 18.9 Å². The first-order valence-electron chi connectivity index (χ1n) is 5.60. The van der Waals surface area contributed by atoms with Crippen LogP contribution >= 0.6 is 11.8 Å². The topological polar surface area (TPSA) is 72.2 Å². The molecule has 0 saturated heterocycles. The number of nitrogens with one attached hydrogen (secondary N) is 1. The van der Waals surface area contributed by atoms with Gasteiger partial charge in [-0.2, -0.15) is 13.2 Å². The van der Waals surface area contributed by atoms with Gasteiger partial charge in [0.15, 0.2) is 0 Å². The highest BCUT2D eigenvalue weighted by Crippen LogP contribution is 2.34. The number of alkyl halides is 3. The molecule has 0 fully saturated rings. The van der Waals surface area contributed by atoms with E-state index < -0.39 is 22.6 Å². The van der Waals surface area contributed by atoms with Gasteiger partial charge in [-0.25, -0.2) is 0 Å². The monoisotopic (exact) mass is 306 g/mol. The molecule has 0 bridgehead atoms. The summed E-state index contributed by atoms with van der Waals surface area (Å²) in [6, 6.07) is 6.15. The lowest BCUT2D eigenvalue weighted by Crippen LogP contribution is -2.25. The molecule has 0 saturated carbocycles. The van der Waals surface area contributed by atoms with E-state index in [0.29, 0.717) is 11.3 Å². The largest absolute Gasteiger partial charge is 0.442 e. The molecule has 4 nitrogen and oxygen atoms in total. The number of thioether (sulfide) groups is 1. The van der Waals surface area contributed by atoms with E-state index in [1.54, 1.807) is 12.1 Å². The van der Waals surface area contributed by atoms with Crippen LogP contribution in [0.3, 0.4) is 0 Å². The number of hydrogen-bond donors (Lipinski definition) is 2. The standard InChI is InChI=1S/C12H13F3N2O2S/c1-7(20-12(13,14)15)11(19)17-9-4-2-8(3-5-9)6-10(16)18/h2-5,7H,6H2,1H3,(H2,16,18)(H,17,19). The quantitative estimate of drug-likeness (QED) is 0.876. The highest BCUT2D eigenvalue weighted by Gasteiger charge is 2.34. The third-order valence-corrected chi connectivity index (χ3v) is 3.11. The third-order valence-electron chi connectivity index (χ3n) is 2.28.